The highest BCUT2D eigenvalue weighted by atomic mass is 35.5. The first-order chi connectivity index (χ1) is 10.8. The zero-order valence-corrected chi connectivity index (χ0v) is 15.7. The predicted octanol–water partition coefficient (Wildman–Crippen LogP) is 1.77. The minimum absolute atomic E-state index is 0. The highest BCUT2D eigenvalue weighted by Crippen LogP contribution is 2.24. The maximum absolute atomic E-state index is 12.2. The number of methoxy groups -OCH3 is 1. The van der Waals surface area contributed by atoms with E-state index in [1.807, 2.05) is 20.8 Å². The molecular weight excluding hydrogens is 332 g/mol. The van der Waals surface area contributed by atoms with Crippen LogP contribution in [0, 0.1) is 0 Å². The van der Waals surface area contributed by atoms with Crippen molar-refractivity contribution in [3.63, 3.8) is 0 Å². The number of rotatable bonds is 5. The second-order valence-corrected chi connectivity index (χ2v) is 7.12. The van der Waals surface area contributed by atoms with Gasteiger partial charge in [0.1, 0.15) is 0 Å². The molecule has 1 fully saturated rings. The van der Waals surface area contributed by atoms with Gasteiger partial charge in [-0.1, -0.05) is 25.9 Å². The summed E-state index contributed by atoms with van der Waals surface area (Å²) >= 11 is 0. The molecule has 0 aromatic carbocycles. The van der Waals surface area contributed by atoms with Crippen molar-refractivity contribution in [2.24, 2.45) is 5.73 Å². The first kappa shape index (κ1) is 20.9. The molecule has 1 aromatic rings. The van der Waals surface area contributed by atoms with Gasteiger partial charge >= 0.3 is 0 Å². The molecule has 2 rings (SSSR count). The Kier molecular flexibility index (Phi) is 7.66. The molecule has 1 aliphatic rings. The van der Waals surface area contributed by atoms with Gasteiger partial charge in [-0.15, -0.1) is 12.4 Å². The summed E-state index contributed by atoms with van der Waals surface area (Å²) in [7, 11) is 1.72. The number of nitrogens with one attached hydrogen (secondary N) is 1. The molecule has 1 saturated heterocycles. The molecule has 3 N–H and O–H groups in total. The molecule has 0 spiro atoms. The lowest BCUT2D eigenvalue weighted by Crippen LogP contribution is -2.50. The van der Waals surface area contributed by atoms with Gasteiger partial charge in [-0.25, -0.2) is 0 Å². The van der Waals surface area contributed by atoms with Gasteiger partial charge in [-0.05, 0) is 12.8 Å². The Morgan fingerprint density at radius 2 is 2.25 bits per heavy atom. The van der Waals surface area contributed by atoms with Crippen LogP contribution in [0.2, 0.25) is 0 Å². The van der Waals surface area contributed by atoms with Gasteiger partial charge in [0, 0.05) is 37.7 Å². The Labute approximate surface area is 149 Å². The van der Waals surface area contributed by atoms with Crippen LogP contribution < -0.4 is 11.1 Å². The van der Waals surface area contributed by atoms with Crippen LogP contribution in [0.4, 0.5) is 5.88 Å². The number of carbonyl (C=O) groups is 1. The van der Waals surface area contributed by atoms with E-state index in [4.69, 9.17) is 15.0 Å². The van der Waals surface area contributed by atoms with Gasteiger partial charge < -0.3 is 15.0 Å². The number of hydrogen-bond donors (Lipinski definition) is 2. The predicted molar refractivity (Wildman–Crippen MR) is 95.5 cm³/mol. The molecule has 0 aliphatic carbocycles. The van der Waals surface area contributed by atoms with Crippen LogP contribution in [0.3, 0.4) is 0 Å². The van der Waals surface area contributed by atoms with Crippen molar-refractivity contribution < 1.29 is 14.1 Å². The Hall–Kier alpha value is -1.15. The largest absolute Gasteiger partial charge is 0.381 e. The molecule has 2 unspecified atom stereocenters. The van der Waals surface area contributed by atoms with Crippen LogP contribution in [0.1, 0.15) is 39.3 Å². The van der Waals surface area contributed by atoms with Crippen molar-refractivity contribution in [2.75, 3.05) is 32.1 Å². The lowest BCUT2D eigenvalue weighted by Gasteiger charge is -2.37. The van der Waals surface area contributed by atoms with Gasteiger partial charge in [-0.2, -0.15) is 0 Å². The fourth-order valence-electron chi connectivity index (χ4n) is 2.78. The van der Waals surface area contributed by atoms with E-state index in [2.05, 4.69) is 15.4 Å². The molecule has 2 heterocycles. The fourth-order valence-corrected chi connectivity index (χ4v) is 2.78. The monoisotopic (exact) mass is 360 g/mol. The van der Waals surface area contributed by atoms with Crippen LogP contribution in [0.5, 0.6) is 0 Å². The number of nitrogens with two attached hydrogens (primary N) is 1. The average molecular weight is 361 g/mol. The van der Waals surface area contributed by atoms with Crippen molar-refractivity contribution in [2.45, 2.75) is 51.2 Å². The summed E-state index contributed by atoms with van der Waals surface area (Å²) in [6.07, 6.45) is 2.00. The number of likely N-dealkylation sites (tertiary alicyclic amines) is 1. The molecule has 0 radical (unpaired) electrons. The van der Waals surface area contributed by atoms with E-state index < -0.39 is 0 Å². The third-order valence-corrected chi connectivity index (χ3v) is 4.28. The lowest BCUT2D eigenvalue weighted by atomic mass is 9.92. The van der Waals surface area contributed by atoms with Crippen molar-refractivity contribution in [3.8, 4) is 0 Å². The molecule has 0 saturated carbocycles. The van der Waals surface area contributed by atoms with E-state index in [1.165, 1.54) is 0 Å². The van der Waals surface area contributed by atoms with Crippen LogP contribution in [-0.2, 0) is 14.9 Å². The van der Waals surface area contributed by atoms with E-state index in [-0.39, 0.29) is 35.9 Å². The number of hydrogen-bond acceptors (Lipinski definition) is 6. The molecule has 2 atom stereocenters. The molecule has 0 bridgehead atoms. The molecule has 7 nitrogen and oxygen atoms in total. The van der Waals surface area contributed by atoms with Crippen LogP contribution in [-0.4, -0.2) is 54.9 Å². The summed E-state index contributed by atoms with van der Waals surface area (Å²) in [5, 5.41) is 6.77. The van der Waals surface area contributed by atoms with E-state index in [9.17, 15) is 4.79 Å². The van der Waals surface area contributed by atoms with Crippen molar-refractivity contribution >= 4 is 24.2 Å². The molecule has 24 heavy (non-hydrogen) atoms. The van der Waals surface area contributed by atoms with Gasteiger partial charge in [0.05, 0.1) is 18.3 Å². The van der Waals surface area contributed by atoms with Crippen molar-refractivity contribution in [1.82, 2.24) is 10.1 Å². The quantitative estimate of drug-likeness (QED) is 0.831. The molecule has 8 heteroatoms. The normalized spacial score (nSPS) is 22.0. The molecule has 1 aromatic heterocycles. The number of aromatic nitrogens is 1. The lowest BCUT2D eigenvalue weighted by molar-refractivity contribution is -0.119. The SMILES string of the molecule is COC1CCN(CC(=O)Nc2cc(C(C)(C)C)no2)C(CN)C1.Cl. The van der Waals surface area contributed by atoms with Gasteiger partial charge in [-0.3, -0.25) is 15.0 Å². The minimum atomic E-state index is -0.115. The fraction of sp³-hybridized carbons (Fsp3) is 0.750. The first-order valence-corrected chi connectivity index (χ1v) is 8.07. The second-order valence-electron chi connectivity index (χ2n) is 7.12. The summed E-state index contributed by atoms with van der Waals surface area (Å²) < 4.78 is 10.6. The highest BCUT2D eigenvalue weighted by molar-refractivity contribution is 5.91. The number of anilines is 1. The van der Waals surface area contributed by atoms with Gasteiger partial charge in [0.2, 0.25) is 11.8 Å². The van der Waals surface area contributed by atoms with Crippen LogP contribution >= 0.6 is 12.4 Å². The number of ether oxygens (including phenoxy) is 1. The smallest absolute Gasteiger partial charge is 0.240 e. The topological polar surface area (TPSA) is 93.6 Å². The number of amides is 1. The van der Waals surface area contributed by atoms with Crippen molar-refractivity contribution in [3.05, 3.63) is 11.8 Å². The van der Waals surface area contributed by atoms with E-state index in [0.29, 0.717) is 19.0 Å². The summed E-state index contributed by atoms with van der Waals surface area (Å²) in [6, 6.07) is 1.94. The highest BCUT2D eigenvalue weighted by Gasteiger charge is 2.29. The summed E-state index contributed by atoms with van der Waals surface area (Å²) in [4.78, 5) is 14.3. The Morgan fingerprint density at radius 1 is 1.54 bits per heavy atom. The zero-order valence-electron chi connectivity index (χ0n) is 14.9. The second kappa shape index (κ2) is 8.80. The third-order valence-electron chi connectivity index (χ3n) is 4.28. The summed E-state index contributed by atoms with van der Waals surface area (Å²) in [5.41, 5.74) is 6.53. The summed E-state index contributed by atoms with van der Waals surface area (Å²) in [6.45, 7) is 7.75. The standard InChI is InChI=1S/C16H28N4O3.ClH/c1-16(2,3)13-8-15(23-19-13)18-14(21)10-20-6-5-12(22-4)7-11(20)9-17;/h8,11-12H,5-7,9-10,17H2,1-4H3,(H,18,21);1H. The minimum Gasteiger partial charge on any atom is -0.381 e. The molecular formula is C16H29ClN4O3. The van der Waals surface area contributed by atoms with E-state index in [1.54, 1.807) is 13.2 Å². The van der Waals surface area contributed by atoms with Crippen molar-refractivity contribution in [1.29, 1.82) is 0 Å². The summed E-state index contributed by atoms with van der Waals surface area (Å²) in [5.74, 6) is 0.270. The zero-order chi connectivity index (χ0) is 17.0. The number of piperidine rings is 1. The number of carbonyl (C=O) groups excluding carboxylic acids is 1. The van der Waals surface area contributed by atoms with Gasteiger partial charge in [0.25, 0.3) is 0 Å². The maximum Gasteiger partial charge on any atom is 0.240 e. The first-order valence-electron chi connectivity index (χ1n) is 8.07. The van der Waals surface area contributed by atoms with Crippen LogP contribution in [0.15, 0.2) is 10.6 Å². The molecule has 138 valence electrons. The number of nitrogens with zero attached hydrogens (tertiary/aromatic N) is 2. The molecule has 1 aliphatic heterocycles. The molecule has 1 amide bonds. The van der Waals surface area contributed by atoms with Crippen LogP contribution in [0.25, 0.3) is 0 Å². The Bertz CT molecular complexity index is 530. The Morgan fingerprint density at radius 3 is 2.79 bits per heavy atom. The number of halogens is 1. The van der Waals surface area contributed by atoms with E-state index in [0.717, 1.165) is 25.1 Å². The Balaban J connectivity index is 0.00000288. The van der Waals surface area contributed by atoms with E-state index >= 15 is 0 Å². The average Bonchev–Trinajstić information content (AvgIpc) is 2.96. The third kappa shape index (κ3) is 5.44. The maximum atomic E-state index is 12.2. The van der Waals surface area contributed by atoms with Gasteiger partial charge in [0.15, 0.2) is 0 Å².